The van der Waals surface area contributed by atoms with Gasteiger partial charge < -0.3 is 19.9 Å². The van der Waals surface area contributed by atoms with E-state index in [1.54, 1.807) is 44.2 Å². The van der Waals surface area contributed by atoms with Crippen molar-refractivity contribution in [2.45, 2.75) is 32.8 Å². The molecule has 1 fully saturated rings. The van der Waals surface area contributed by atoms with Crippen molar-refractivity contribution in [3.05, 3.63) is 42.5 Å². The summed E-state index contributed by atoms with van der Waals surface area (Å²) >= 11 is 0.873. The van der Waals surface area contributed by atoms with E-state index in [2.05, 4.69) is 15.4 Å². The molecule has 2 atom stereocenters. The van der Waals surface area contributed by atoms with Crippen LogP contribution in [0.15, 0.2) is 42.5 Å². The van der Waals surface area contributed by atoms with E-state index < -0.39 is 42.1 Å². The molecule has 0 spiro atoms. The quantitative estimate of drug-likeness (QED) is 0.117. The number of ketones is 1. The monoisotopic (exact) mass is 570 g/mol. The minimum atomic E-state index is -4.04. The molecular formula is C24H31N2O10PS. The number of esters is 1. The number of hydrogen-bond acceptors (Lipinski definition) is 11. The average molecular weight is 571 g/mol. The Morgan fingerprint density at radius 3 is 2.50 bits per heavy atom. The van der Waals surface area contributed by atoms with Crippen LogP contribution in [-0.2, 0) is 42.3 Å². The number of amides is 2. The second kappa shape index (κ2) is 14.8. The highest BCUT2D eigenvalue weighted by molar-refractivity contribution is 8.13. The third kappa shape index (κ3) is 10.8. The summed E-state index contributed by atoms with van der Waals surface area (Å²) in [5, 5.41) is 4.81. The second-order valence-electron chi connectivity index (χ2n) is 8.71. The van der Waals surface area contributed by atoms with Crippen molar-refractivity contribution in [2.24, 2.45) is 5.41 Å². The fourth-order valence-corrected chi connectivity index (χ4v) is 5.34. The third-order valence-electron chi connectivity index (χ3n) is 5.00. The van der Waals surface area contributed by atoms with Crippen LogP contribution in [0.4, 0.5) is 0 Å². The zero-order chi connectivity index (χ0) is 28.2. The number of rotatable bonds is 13. The molecule has 1 heterocycles. The molecule has 38 heavy (non-hydrogen) atoms. The second-order valence-corrected chi connectivity index (χ2v) is 11.4. The molecule has 0 aromatic heterocycles. The smallest absolute Gasteiger partial charge is 0.466 e. The van der Waals surface area contributed by atoms with Gasteiger partial charge in [-0.1, -0.05) is 43.8 Å². The van der Waals surface area contributed by atoms with Crippen LogP contribution in [-0.4, -0.2) is 67.3 Å². The Bertz CT molecular complexity index is 1090. The van der Waals surface area contributed by atoms with Gasteiger partial charge in [-0.15, -0.1) is 0 Å². The molecule has 208 valence electrons. The molecule has 1 aromatic rings. The normalized spacial score (nSPS) is 20.3. The van der Waals surface area contributed by atoms with E-state index in [1.165, 1.54) is 7.11 Å². The van der Waals surface area contributed by atoms with E-state index in [9.17, 15) is 28.5 Å². The van der Waals surface area contributed by atoms with Gasteiger partial charge >= 0.3 is 13.8 Å². The van der Waals surface area contributed by atoms with E-state index in [-0.39, 0.29) is 49.9 Å². The molecule has 0 radical (unpaired) electrons. The highest BCUT2D eigenvalue weighted by Crippen LogP contribution is 2.56. The summed E-state index contributed by atoms with van der Waals surface area (Å²) in [7, 11) is -2.87. The number of hydrogen-bond donors (Lipinski definition) is 2. The van der Waals surface area contributed by atoms with Crippen LogP contribution < -0.4 is 15.2 Å². The first-order valence-electron chi connectivity index (χ1n) is 11.6. The van der Waals surface area contributed by atoms with Crippen LogP contribution in [0.5, 0.6) is 5.75 Å². The molecule has 2 rings (SSSR count). The molecule has 14 heteroatoms. The molecule has 1 aliphatic rings. The number of thioether (sulfide) groups is 1. The molecule has 0 aliphatic carbocycles. The van der Waals surface area contributed by atoms with Crippen molar-refractivity contribution in [1.29, 1.82) is 0 Å². The Hall–Kier alpha value is -2.99. The topological polar surface area (TPSA) is 163 Å². The highest BCUT2D eigenvalue weighted by atomic mass is 32.2. The fourth-order valence-electron chi connectivity index (χ4n) is 3.00. The first kappa shape index (κ1) is 31.2. The Morgan fingerprint density at radius 1 is 1.11 bits per heavy atom. The predicted molar refractivity (Wildman–Crippen MR) is 138 cm³/mol. The predicted octanol–water partition coefficient (Wildman–Crippen LogP) is 2.19. The largest absolute Gasteiger partial charge is 0.530 e. The minimum Gasteiger partial charge on any atom is -0.466 e. The molecule has 0 bridgehead atoms. The lowest BCUT2D eigenvalue weighted by atomic mass is 9.87. The van der Waals surface area contributed by atoms with Gasteiger partial charge in [-0.05, 0) is 18.2 Å². The van der Waals surface area contributed by atoms with Gasteiger partial charge in [0.15, 0.2) is 17.0 Å². The van der Waals surface area contributed by atoms with Crippen molar-refractivity contribution in [1.82, 2.24) is 10.6 Å². The number of benzene rings is 1. The van der Waals surface area contributed by atoms with E-state index in [4.69, 9.17) is 13.6 Å². The summed E-state index contributed by atoms with van der Waals surface area (Å²) in [5.41, 5.74) is -0.805. The van der Waals surface area contributed by atoms with Gasteiger partial charge in [0.25, 0.3) is 5.91 Å². The number of ether oxygens (including phenoxy) is 1. The first-order valence-corrected chi connectivity index (χ1v) is 14.1. The van der Waals surface area contributed by atoms with Gasteiger partial charge in [-0.2, -0.15) is 0 Å². The Balaban J connectivity index is 1.70. The summed E-state index contributed by atoms with van der Waals surface area (Å²) in [6.45, 7) is 3.57. The maximum Gasteiger partial charge on any atom is 0.530 e. The lowest BCUT2D eigenvalue weighted by Gasteiger charge is -2.39. The summed E-state index contributed by atoms with van der Waals surface area (Å²) in [6.07, 6.45) is 0.351. The zero-order valence-electron chi connectivity index (χ0n) is 21.3. The Labute approximate surface area is 224 Å². The van der Waals surface area contributed by atoms with Gasteiger partial charge in [0.05, 0.1) is 20.1 Å². The number of nitrogens with one attached hydrogen (secondary N) is 2. The van der Waals surface area contributed by atoms with Crippen molar-refractivity contribution >= 4 is 48.3 Å². The minimum absolute atomic E-state index is 0.00158. The summed E-state index contributed by atoms with van der Waals surface area (Å²) in [5.74, 6) is -1.64. The number of phosphoric acid groups is 1. The van der Waals surface area contributed by atoms with Crippen LogP contribution in [0.3, 0.4) is 0 Å². The summed E-state index contributed by atoms with van der Waals surface area (Å²) < 4.78 is 33.5. The lowest BCUT2D eigenvalue weighted by molar-refractivity contribution is -0.140. The van der Waals surface area contributed by atoms with Crippen LogP contribution in [0.2, 0.25) is 0 Å². The van der Waals surface area contributed by atoms with E-state index in [1.807, 2.05) is 0 Å². The SMILES string of the molecule is COC(=O)/C=C/C(=O)CC(=O)SCCNC(=O)CCNC(=O)[C@@H]1OP(=O)(Oc2ccccc2)OCC1(C)C. The number of phosphoric ester groups is 1. The van der Waals surface area contributed by atoms with Crippen LogP contribution in [0.25, 0.3) is 0 Å². The molecule has 0 saturated carbocycles. The van der Waals surface area contributed by atoms with E-state index >= 15 is 0 Å². The maximum atomic E-state index is 12.9. The number of carbonyl (C=O) groups is 5. The number of para-hydroxylation sites is 1. The standard InChI is InChI=1S/C24H31N2O10PS/c1-24(2)16-34-37(32,35-18-7-5-4-6-8-18)36-22(24)23(31)26-12-11-19(28)25-13-14-38-21(30)15-17(27)9-10-20(29)33-3/h4-10,22H,11-16H2,1-3H3,(H,25,28)(H,26,31)/b10-9+/t22-,37?/m0/s1. The molecule has 1 aromatic carbocycles. The van der Waals surface area contributed by atoms with E-state index in [0.717, 1.165) is 23.9 Å². The van der Waals surface area contributed by atoms with Gasteiger partial charge in [-0.3, -0.25) is 28.2 Å². The number of methoxy groups -OCH3 is 1. The van der Waals surface area contributed by atoms with Gasteiger partial charge in [-0.25, -0.2) is 9.36 Å². The fraction of sp³-hybridized carbons (Fsp3) is 0.458. The average Bonchev–Trinajstić information content (AvgIpc) is 2.87. The van der Waals surface area contributed by atoms with Gasteiger partial charge in [0.1, 0.15) is 5.75 Å². The molecule has 1 saturated heterocycles. The van der Waals surface area contributed by atoms with Gasteiger partial charge in [0, 0.05) is 36.8 Å². The zero-order valence-corrected chi connectivity index (χ0v) is 23.0. The summed E-state index contributed by atoms with van der Waals surface area (Å²) in [4.78, 5) is 59.1. The molecule has 2 amide bonds. The van der Waals surface area contributed by atoms with Crippen molar-refractivity contribution < 1.29 is 46.8 Å². The highest BCUT2D eigenvalue weighted by Gasteiger charge is 2.49. The van der Waals surface area contributed by atoms with Crippen LogP contribution >= 0.6 is 19.6 Å². The third-order valence-corrected chi connectivity index (χ3v) is 7.22. The Morgan fingerprint density at radius 2 is 1.82 bits per heavy atom. The molecule has 12 nitrogen and oxygen atoms in total. The summed E-state index contributed by atoms with van der Waals surface area (Å²) in [6, 6.07) is 8.31. The lowest BCUT2D eigenvalue weighted by Crippen LogP contribution is -2.50. The molecule has 2 N–H and O–H groups in total. The van der Waals surface area contributed by atoms with Crippen molar-refractivity contribution in [3.8, 4) is 5.75 Å². The Kier molecular flexibility index (Phi) is 12.2. The first-order chi connectivity index (χ1) is 17.9. The van der Waals surface area contributed by atoms with E-state index in [0.29, 0.717) is 0 Å². The van der Waals surface area contributed by atoms with Gasteiger partial charge in [0.2, 0.25) is 5.91 Å². The number of carbonyl (C=O) groups excluding carboxylic acids is 5. The van der Waals surface area contributed by atoms with Crippen LogP contribution in [0, 0.1) is 5.41 Å². The molecule has 1 unspecified atom stereocenters. The van der Waals surface area contributed by atoms with Crippen molar-refractivity contribution in [3.63, 3.8) is 0 Å². The molecular weight excluding hydrogens is 539 g/mol. The molecule has 1 aliphatic heterocycles. The maximum absolute atomic E-state index is 12.9. The van der Waals surface area contributed by atoms with Crippen molar-refractivity contribution in [2.75, 3.05) is 32.6 Å². The number of allylic oxidation sites excluding steroid dienone is 1. The van der Waals surface area contributed by atoms with Crippen LogP contribution in [0.1, 0.15) is 26.7 Å².